The fraction of sp³-hybridized carbons (Fsp3) is 0.214. The van der Waals surface area contributed by atoms with Crippen LogP contribution in [0.5, 0.6) is 0 Å². The van der Waals surface area contributed by atoms with E-state index in [2.05, 4.69) is 27.5 Å². The molecule has 0 saturated carbocycles. The predicted molar refractivity (Wildman–Crippen MR) is 74.6 cm³/mol. The molecule has 3 heteroatoms. The lowest BCUT2D eigenvalue weighted by atomic mass is 9.87. The van der Waals surface area contributed by atoms with Crippen LogP contribution < -0.4 is 0 Å². The van der Waals surface area contributed by atoms with E-state index in [1.807, 2.05) is 38.1 Å². The van der Waals surface area contributed by atoms with E-state index in [1.165, 1.54) is 0 Å². The molecule has 1 heterocycles. The maximum absolute atomic E-state index is 11.3. The van der Waals surface area contributed by atoms with Gasteiger partial charge in [0.25, 0.3) is 0 Å². The molecule has 1 N–H and O–H groups in total. The summed E-state index contributed by atoms with van der Waals surface area (Å²) >= 11 is 3.43. The van der Waals surface area contributed by atoms with Gasteiger partial charge >= 0.3 is 0 Å². The van der Waals surface area contributed by atoms with Crippen molar-refractivity contribution in [3.63, 3.8) is 0 Å². The molecule has 2 aromatic rings. The van der Waals surface area contributed by atoms with Crippen molar-refractivity contribution in [3.05, 3.63) is 46.6 Å². The first kappa shape index (κ1) is 12.1. The van der Waals surface area contributed by atoms with Crippen molar-refractivity contribution >= 4 is 33.1 Å². The van der Waals surface area contributed by atoms with Gasteiger partial charge in [-0.2, -0.15) is 0 Å². The van der Waals surface area contributed by atoms with Crippen LogP contribution in [0.4, 0.5) is 0 Å². The summed E-state index contributed by atoms with van der Waals surface area (Å²) in [5.41, 5.74) is 2.35. The van der Waals surface area contributed by atoms with Crippen molar-refractivity contribution in [2.75, 3.05) is 0 Å². The van der Waals surface area contributed by atoms with E-state index < -0.39 is 0 Å². The minimum absolute atomic E-state index is 0.248. The minimum Gasteiger partial charge on any atom is -0.357 e. The van der Waals surface area contributed by atoms with Gasteiger partial charge < -0.3 is 4.98 Å². The summed E-state index contributed by atoms with van der Waals surface area (Å²) in [5, 5.41) is 0.952. The van der Waals surface area contributed by atoms with Gasteiger partial charge in [0.2, 0.25) is 0 Å². The van der Waals surface area contributed by atoms with Gasteiger partial charge in [0.1, 0.15) is 0 Å². The van der Waals surface area contributed by atoms with E-state index >= 15 is 0 Å². The Balaban J connectivity index is 2.80. The van der Waals surface area contributed by atoms with Crippen molar-refractivity contribution in [3.8, 4) is 0 Å². The second-order valence-corrected chi connectivity index (χ2v) is 5.56. The third-order valence-electron chi connectivity index (χ3n) is 3.07. The summed E-state index contributed by atoms with van der Waals surface area (Å²) in [5.74, 6) is 0. The standard InChI is InChI=1S/C14H14BrNO/c1-4-14(2,3)13-11(8-17)10-6-5-9(15)7-12(10)16-13/h4-8,16H,1H2,2-3H3. The van der Waals surface area contributed by atoms with Gasteiger partial charge in [-0.05, 0) is 12.1 Å². The molecule has 0 bridgehead atoms. The maximum Gasteiger partial charge on any atom is 0.152 e. The topological polar surface area (TPSA) is 32.9 Å². The highest BCUT2D eigenvalue weighted by atomic mass is 79.9. The van der Waals surface area contributed by atoms with Crippen LogP contribution in [-0.4, -0.2) is 11.3 Å². The number of allylic oxidation sites excluding steroid dienone is 1. The Morgan fingerprint density at radius 3 is 2.71 bits per heavy atom. The molecular weight excluding hydrogens is 278 g/mol. The van der Waals surface area contributed by atoms with Crippen LogP contribution in [0.25, 0.3) is 10.9 Å². The zero-order valence-electron chi connectivity index (χ0n) is 9.88. The van der Waals surface area contributed by atoms with Crippen LogP contribution in [0.15, 0.2) is 35.3 Å². The number of H-pyrrole nitrogens is 1. The van der Waals surface area contributed by atoms with Crippen LogP contribution in [-0.2, 0) is 5.41 Å². The quantitative estimate of drug-likeness (QED) is 0.667. The molecule has 17 heavy (non-hydrogen) atoms. The van der Waals surface area contributed by atoms with E-state index in [0.717, 1.165) is 32.9 Å². The molecule has 0 spiro atoms. The molecule has 88 valence electrons. The van der Waals surface area contributed by atoms with Gasteiger partial charge in [-0.3, -0.25) is 4.79 Å². The highest BCUT2D eigenvalue weighted by molar-refractivity contribution is 9.10. The molecule has 0 unspecified atom stereocenters. The molecule has 0 saturated heterocycles. The Hall–Kier alpha value is -1.35. The van der Waals surface area contributed by atoms with Crippen LogP contribution in [0.1, 0.15) is 29.9 Å². The number of carbonyl (C=O) groups is 1. The number of aromatic nitrogens is 1. The fourth-order valence-corrected chi connectivity index (χ4v) is 2.29. The van der Waals surface area contributed by atoms with Gasteiger partial charge in [-0.15, -0.1) is 6.58 Å². The lowest BCUT2D eigenvalue weighted by Crippen LogP contribution is -2.15. The summed E-state index contributed by atoms with van der Waals surface area (Å²) in [6, 6.07) is 5.86. The first-order chi connectivity index (χ1) is 7.99. The van der Waals surface area contributed by atoms with Gasteiger partial charge in [-0.25, -0.2) is 0 Å². The Labute approximate surface area is 109 Å². The average Bonchev–Trinajstić information content (AvgIpc) is 2.67. The number of hydrogen-bond donors (Lipinski definition) is 1. The largest absolute Gasteiger partial charge is 0.357 e. The highest BCUT2D eigenvalue weighted by Crippen LogP contribution is 2.32. The summed E-state index contributed by atoms with van der Waals surface area (Å²) in [6.45, 7) is 7.90. The highest BCUT2D eigenvalue weighted by Gasteiger charge is 2.23. The number of fused-ring (bicyclic) bond motifs is 1. The van der Waals surface area contributed by atoms with E-state index in [4.69, 9.17) is 0 Å². The Kier molecular flexibility index (Phi) is 2.96. The number of carbonyl (C=O) groups excluding carboxylic acids is 1. The fourth-order valence-electron chi connectivity index (χ4n) is 1.92. The van der Waals surface area contributed by atoms with Crippen LogP contribution in [0.2, 0.25) is 0 Å². The normalized spacial score (nSPS) is 11.7. The first-order valence-corrected chi connectivity index (χ1v) is 6.19. The predicted octanol–water partition coefficient (Wildman–Crippen LogP) is 4.21. The summed E-state index contributed by atoms with van der Waals surface area (Å²) in [4.78, 5) is 14.6. The third-order valence-corrected chi connectivity index (χ3v) is 3.57. The Morgan fingerprint density at radius 1 is 1.41 bits per heavy atom. The van der Waals surface area contributed by atoms with E-state index in [1.54, 1.807) is 0 Å². The Bertz CT molecular complexity index is 596. The van der Waals surface area contributed by atoms with Gasteiger partial charge in [0.05, 0.1) is 0 Å². The summed E-state index contributed by atoms with van der Waals surface area (Å²) in [6.07, 6.45) is 2.76. The van der Waals surface area contributed by atoms with Crippen molar-refractivity contribution in [2.24, 2.45) is 0 Å². The third kappa shape index (κ3) is 1.95. The maximum atomic E-state index is 11.3. The number of aldehydes is 1. The van der Waals surface area contributed by atoms with Crippen molar-refractivity contribution in [1.82, 2.24) is 4.98 Å². The summed E-state index contributed by atoms with van der Waals surface area (Å²) < 4.78 is 0.992. The Morgan fingerprint density at radius 2 is 2.12 bits per heavy atom. The van der Waals surface area contributed by atoms with Gasteiger partial charge in [0, 0.05) is 32.0 Å². The average molecular weight is 292 g/mol. The lowest BCUT2D eigenvalue weighted by Gasteiger charge is -2.19. The van der Waals surface area contributed by atoms with E-state index in [-0.39, 0.29) is 5.41 Å². The number of aromatic amines is 1. The molecule has 2 nitrogen and oxygen atoms in total. The molecule has 0 aliphatic carbocycles. The second-order valence-electron chi connectivity index (χ2n) is 4.65. The molecular formula is C14H14BrNO. The molecule has 1 aromatic heterocycles. The SMILES string of the molecule is C=CC(C)(C)c1[nH]c2cc(Br)ccc2c1C=O. The monoisotopic (exact) mass is 291 g/mol. The smallest absolute Gasteiger partial charge is 0.152 e. The van der Waals surface area contributed by atoms with Crippen LogP contribution in [0, 0.1) is 0 Å². The number of halogens is 1. The first-order valence-electron chi connectivity index (χ1n) is 5.40. The van der Waals surface area contributed by atoms with Gasteiger partial charge in [-0.1, -0.05) is 41.9 Å². The zero-order chi connectivity index (χ0) is 12.6. The number of nitrogens with one attached hydrogen (secondary N) is 1. The molecule has 0 aliphatic heterocycles. The van der Waals surface area contributed by atoms with Crippen molar-refractivity contribution in [1.29, 1.82) is 0 Å². The molecule has 0 fully saturated rings. The number of hydrogen-bond acceptors (Lipinski definition) is 1. The molecule has 0 radical (unpaired) electrons. The van der Waals surface area contributed by atoms with Crippen LogP contribution >= 0.6 is 15.9 Å². The molecule has 1 aromatic carbocycles. The molecule has 0 atom stereocenters. The molecule has 0 aliphatic rings. The summed E-state index contributed by atoms with van der Waals surface area (Å²) in [7, 11) is 0. The molecule has 2 rings (SSSR count). The number of rotatable bonds is 3. The minimum atomic E-state index is -0.248. The zero-order valence-corrected chi connectivity index (χ0v) is 11.5. The van der Waals surface area contributed by atoms with Gasteiger partial charge in [0.15, 0.2) is 6.29 Å². The van der Waals surface area contributed by atoms with Crippen molar-refractivity contribution < 1.29 is 4.79 Å². The molecule has 0 amide bonds. The van der Waals surface area contributed by atoms with Crippen LogP contribution in [0.3, 0.4) is 0 Å². The van der Waals surface area contributed by atoms with Crippen molar-refractivity contribution in [2.45, 2.75) is 19.3 Å². The number of benzene rings is 1. The second kappa shape index (κ2) is 4.15. The lowest BCUT2D eigenvalue weighted by molar-refractivity contribution is 0.112. The van der Waals surface area contributed by atoms with E-state index in [0.29, 0.717) is 0 Å². The van der Waals surface area contributed by atoms with E-state index in [9.17, 15) is 4.79 Å².